The van der Waals surface area contributed by atoms with Crippen molar-refractivity contribution in [3.8, 4) is 5.82 Å². The number of sulfonamides is 1. The van der Waals surface area contributed by atoms with Crippen molar-refractivity contribution >= 4 is 33.4 Å². The number of piperidine rings is 1. The quantitative estimate of drug-likeness (QED) is 0.375. The van der Waals surface area contributed by atoms with Gasteiger partial charge in [-0.1, -0.05) is 0 Å². The van der Waals surface area contributed by atoms with Crippen molar-refractivity contribution in [1.82, 2.24) is 29.7 Å². The number of amides is 1. The number of nitrogens with zero attached hydrogens (tertiary/aromatic N) is 7. The van der Waals surface area contributed by atoms with Crippen molar-refractivity contribution in [3.05, 3.63) is 73.1 Å². The molecule has 5 rings (SSSR count). The smallest absolute Gasteiger partial charge is 0.264 e. The van der Waals surface area contributed by atoms with Crippen molar-refractivity contribution in [2.24, 2.45) is 5.92 Å². The largest absolute Gasteiger partial charge is 0.356 e. The topological polar surface area (TPSA) is 148 Å². The van der Waals surface area contributed by atoms with Crippen molar-refractivity contribution < 1.29 is 13.2 Å². The molecule has 0 spiro atoms. The SMILES string of the molecule is Cc1ccnc(NS(=O)(=O)c2ccc(NC(=O)C3CCCN(c4cc(-n5cccn5)ncn4)C3)cc2)n1. The molecule has 0 radical (unpaired) electrons. The van der Waals surface area contributed by atoms with E-state index in [2.05, 4.69) is 40.0 Å². The van der Waals surface area contributed by atoms with Crippen LogP contribution < -0.4 is 14.9 Å². The van der Waals surface area contributed by atoms with Crippen molar-refractivity contribution in [3.63, 3.8) is 0 Å². The summed E-state index contributed by atoms with van der Waals surface area (Å²) in [6.07, 6.45) is 8.04. The first-order chi connectivity index (χ1) is 17.9. The molecule has 1 fully saturated rings. The van der Waals surface area contributed by atoms with Crippen LogP contribution in [0.5, 0.6) is 0 Å². The molecule has 1 aromatic carbocycles. The standard InChI is InChI=1S/C24H25N9O3S/c1-17-9-11-25-24(29-17)31-37(35,36)20-7-5-19(6-8-20)30-23(34)18-4-2-12-32(15-18)21-14-22(27-16-26-21)33-13-3-10-28-33/h3,5-11,13-14,16,18H,2,4,12,15H2,1H3,(H,30,34)(H,25,29,31). The predicted molar refractivity (Wildman–Crippen MR) is 137 cm³/mol. The fourth-order valence-electron chi connectivity index (χ4n) is 4.08. The molecule has 3 aromatic heterocycles. The van der Waals surface area contributed by atoms with Gasteiger partial charge in [0, 0.05) is 49.1 Å². The summed E-state index contributed by atoms with van der Waals surface area (Å²) < 4.78 is 29.3. The molecular weight excluding hydrogens is 494 g/mol. The molecular formula is C24H25N9O3S. The minimum atomic E-state index is -3.87. The first kappa shape index (κ1) is 24.3. The molecule has 4 heterocycles. The number of carbonyl (C=O) groups is 1. The summed E-state index contributed by atoms with van der Waals surface area (Å²) in [6.45, 7) is 3.03. The van der Waals surface area contributed by atoms with E-state index in [-0.39, 0.29) is 22.7 Å². The van der Waals surface area contributed by atoms with Gasteiger partial charge in [0.05, 0.1) is 10.8 Å². The molecule has 2 N–H and O–H groups in total. The average molecular weight is 520 g/mol. The third-order valence-corrected chi connectivity index (χ3v) is 7.29. The van der Waals surface area contributed by atoms with Crippen LogP contribution in [0.25, 0.3) is 5.82 Å². The van der Waals surface area contributed by atoms with E-state index in [9.17, 15) is 13.2 Å². The monoisotopic (exact) mass is 519 g/mol. The summed E-state index contributed by atoms with van der Waals surface area (Å²) in [4.78, 5) is 31.8. The summed E-state index contributed by atoms with van der Waals surface area (Å²) in [5.41, 5.74) is 1.15. The predicted octanol–water partition coefficient (Wildman–Crippen LogP) is 2.42. The Morgan fingerprint density at radius 1 is 1.05 bits per heavy atom. The van der Waals surface area contributed by atoms with Gasteiger partial charge < -0.3 is 10.2 Å². The minimum absolute atomic E-state index is 0.000313. The second-order valence-electron chi connectivity index (χ2n) is 8.61. The molecule has 1 atom stereocenters. The molecule has 37 heavy (non-hydrogen) atoms. The highest BCUT2D eigenvalue weighted by atomic mass is 32.2. The van der Waals surface area contributed by atoms with Crippen LogP contribution in [0.4, 0.5) is 17.5 Å². The van der Waals surface area contributed by atoms with Crippen molar-refractivity contribution in [2.45, 2.75) is 24.7 Å². The maximum Gasteiger partial charge on any atom is 0.264 e. The summed E-state index contributed by atoms with van der Waals surface area (Å²) in [6, 6.07) is 11.3. The van der Waals surface area contributed by atoms with E-state index < -0.39 is 10.0 Å². The molecule has 1 unspecified atom stereocenters. The second-order valence-corrected chi connectivity index (χ2v) is 10.3. The number of nitrogens with one attached hydrogen (secondary N) is 2. The number of hydrogen-bond donors (Lipinski definition) is 2. The zero-order valence-corrected chi connectivity index (χ0v) is 20.8. The Bertz CT molecular complexity index is 1490. The lowest BCUT2D eigenvalue weighted by Crippen LogP contribution is -2.41. The lowest BCUT2D eigenvalue weighted by molar-refractivity contribution is -0.120. The molecule has 0 bridgehead atoms. The van der Waals surface area contributed by atoms with Gasteiger partial charge in [0.15, 0.2) is 5.82 Å². The molecule has 4 aromatic rings. The maximum atomic E-state index is 13.0. The average Bonchev–Trinajstić information content (AvgIpc) is 3.44. The van der Waals surface area contributed by atoms with Gasteiger partial charge in [0.2, 0.25) is 11.9 Å². The Morgan fingerprint density at radius 3 is 2.62 bits per heavy atom. The zero-order chi connectivity index (χ0) is 25.8. The van der Waals surface area contributed by atoms with Crippen LogP contribution in [0, 0.1) is 12.8 Å². The molecule has 13 heteroatoms. The van der Waals surface area contributed by atoms with Crippen LogP contribution in [0.15, 0.2) is 72.3 Å². The number of hydrogen-bond acceptors (Lipinski definition) is 9. The molecule has 0 aliphatic carbocycles. The van der Waals surface area contributed by atoms with Crippen LogP contribution in [-0.4, -0.2) is 57.1 Å². The number of benzene rings is 1. The van der Waals surface area contributed by atoms with Crippen LogP contribution in [0.3, 0.4) is 0 Å². The summed E-state index contributed by atoms with van der Waals surface area (Å²) >= 11 is 0. The normalized spacial score (nSPS) is 15.8. The number of aromatic nitrogens is 6. The Kier molecular flexibility index (Phi) is 6.77. The highest BCUT2D eigenvalue weighted by Gasteiger charge is 2.27. The fraction of sp³-hybridized carbons (Fsp3) is 0.250. The lowest BCUT2D eigenvalue weighted by Gasteiger charge is -2.32. The molecule has 1 saturated heterocycles. The molecule has 1 amide bonds. The van der Waals surface area contributed by atoms with E-state index in [1.807, 2.05) is 18.3 Å². The number of anilines is 3. The van der Waals surface area contributed by atoms with E-state index >= 15 is 0 Å². The van der Waals surface area contributed by atoms with Crippen LogP contribution in [-0.2, 0) is 14.8 Å². The van der Waals surface area contributed by atoms with Gasteiger partial charge in [-0.3, -0.25) is 4.79 Å². The highest BCUT2D eigenvalue weighted by Crippen LogP contribution is 2.24. The van der Waals surface area contributed by atoms with E-state index in [0.717, 1.165) is 25.2 Å². The molecule has 190 valence electrons. The van der Waals surface area contributed by atoms with E-state index in [1.165, 1.54) is 24.7 Å². The Morgan fingerprint density at radius 2 is 1.86 bits per heavy atom. The van der Waals surface area contributed by atoms with Gasteiger partial charge in [0.1, 0.15) is 12.1 Å². The minimum Gasteiger partial charge on any atom is -0.356 e. The van der Waals surface area contributed by atoms with Crippen LogP contribution in [0.1, 0.15) is 18.5 Å². The Labute approximate surface area is 213 Å². The Balaban J connectivity index is 1.22. The third kappa shape index (κ3) is 5.72. The number of aryl methyl sites for hydroxylation is 1. The van der Waals surface area contributed by atoms with Gasteiger partial charge in [-0.25, -0.2) is 37.8 Å². The molecule has 1 aliphatic rings. The van der Waals surface area contributed by atoms with Gasteiger partial charge in [-0.2, -0.15) is 5.10 Å². The van der Waals surface area contributed by atoms with E-state index in [0.29, 0.717) is 23.7 Å². The van der Waals surface area contributed by atoms with Crippen LogP contribution >= 0.6 is 0 Å². The van der Waals surface area contributed by atoms with Crippen LogP contribution in [0.2, 0.25) is 0 Å². The molecule has 1 aliphatic heterocycles. The van der Waals surface area contributed by atoms with Gasteiger partial charge in [-0.15, -0.1) is 0 Å². The second kappa shape index (κ2) is 10.3. The number of rotatable bonds is 7. The zero-order valence-electron chi connectivity index (χ0n) is 20.0. The van der Waals surface area contributed by atoms with Gasteiger partial charge in [-0.05, 0) is 56.2 Å². The maximum absolute atomic E-state index is 13.0. The lowest BCUT2D eigenvalue weighted by atomic mass is 9.97. The van der Waals surface area contributed by atoms with Crippen molar-refractivity contribution in [1.29, 1.82) is 0 Å². The first-order valence-electron chi connectivity index (χ1n) is 11.7. The first-order valence-corrected chi connectivity index (χ1v) is 13.2. The van der Waals surface area contributed by atoms with Gasteiger partial charge >= 0.3 is 0 Å². The van der Waals surface area contributed by atoms with E-state index in [4.69, 9.17) is 0 Å². The van der Waals surface area contributed by atoms with E-state index in [1.54, 1.807) is 36.0 Å². The molecule has 0 saturated carbocycles. The summed E-state index contributed by atoms with van der Waals surface area (Å²) in [7, 11) is -3.87. The van der Waals surface area contributed by atoms with Gasteiger partial charge in [0.25, 0.3) is 10.0 Å². The summed E-state index contributed by atoms with van der Waals surface area (Å²) in [5.74, 6) is 1.01. The molecule has 12 nitrogen and oxygen atoms in total. The number of carbonyl (C=O) groups excluding carboxylic acids is 1. The highest BCUT2D eigenvalue weighted by molar-refractivity contribution is 7.92. The Hall–Kier alpha value is -4.39. The third-order valence-electron chi connectivity index (χ3n) is 5.95. The fourth-order valence-corrected chi connectivity index (χ4v) is 5.03. The van der Waals surface area contributed by atoms with Crippen molar-refractivity contribution in [2.75, 3.05) is 28.0 Å². The summed E-state index contributed by atoms with van der Waals surface area (Å²) in [5, 5.41) is 7.11.